The first kappa shape index (κ1) is 34.0. The first-order valence-electron chi connectivity index (χ1n) is 15.6. The molecule has 10 heteroatoms. The predicted molar refractivity (Wildman–Crippen MR) is 171 cm³/mol. The summed E-state index contributed by atoms with van der Waals surface area (Å²) in [5.41, 5.74) is 4.58. The molecular formula is C35H44F2N4O4. The van der Waals surface area contributed by atoms with E-state index in [1.54, 1.807) is 32.0 Å². The molecule has 242 valence electrons. The van der Waals surface area contributed by atoms with E-state index in [-0.39, 0.29) is 17.9 Å². The van der Waals surface area contributed by atoms with Crippen LogP contribution in [0.15, 0.2) is 41.2 Å². The second-order valence-corrected chi connectivity index (χ2v) is 12.8. The summed E-state index contributed by atoms with van der Waals surface area (Å²) in [5, 5.41) is 17.2. The lowest BCUT2D eigenvalue weighted by atomic mass is 9.90. The predicted octanol–water partition coefficient (Wildman–Crippen LogP) is 5.79. The average molecular weight is 623 g/mol. The summed E-state index contributed by atoms with van der Waals surface area (Å²) < 4.78 is 30.6. The lowest BCUT2D eigenvalue weighted by molar-refractivity contribution is -0.138. The van der Waals surface area contributed by atoms with Gasteiger partial charge in [0.2, 0.25) is 5.91 Å². The molecule has 1 fully saturated rings. The van der Waals surface area contributed by atoms with Crippen LogP contribution < -0.4 is 10.9 Å². The number of nitrogens with one attached hydrogen (secondary N) is 1. The Balaban J connectivity index is 1.71. The number of hydrogen-bond acceptors (Lipinski definition) is 5. The van der Waals surface area contributed by atoms with Crippen molar-refractivity contribution in [1.29, 1.82) is 0 Å². The number of alkyl halides is 1. The van der Waals surface area contributed by atoms with E-state index in [9.17, 15) is 23.9 Å². The van der Waals surface area contributed by atoms with Gasteiger partial charge in [-0.1, -0.05) is 32.0 Å². The van der Waals surface area contributed by atoms with Crippen LogP contribution in [0.5, 0.6) is 0 Å². The number of carbonyl (C=O) groups is 2. The molecule has 1 saturated heterocycles. The molecule has 2 aromatic carbocycles. The van der Waals surface area contributed by atoms with Gasteiger partial charge in [-0.3, -0.25) is 19.3 Å². The minimum absolute atomic E-state index is 0.0197. The van der Waals surface area contributed by atoms with Crippen molar-refractivity contribution in [3.8, 4) is 11.1 Å². The first-order chi connectivity index (χ1) is 21.2. The molecule has 3 atom stereocenters. The number of rotatable bonds is 12. The number of carboxylic acids is 1. The van der Waals surface area contributed by atoms with E-state index in [0.29, 0.717) is 49.3 Å². The molecule has 1 aliphatic heterocycles. The SMILES string of the molecule is Cc1cc(-c2c(C)cccc2C)cc([C@H](CC(=O)O)NC(=O)[C@H](CC(C)C)n2nc(CCN3CC[C@H](F)C3)cc(C)c2=O)c1F. The Morgan fingerprint density at radius 3 is 2.36 bits per heavy atom. The lowest BCUT2D eigenvalue weighted by Gasteiger charge is -2.26. The Morgan fingerprint density at radius 2 is 1.76 bits per heavy atom. The van der Waals surface area contributed by atoms with E-state index in [1.165, 1.54) is 4.68 Å². The second-order valence-electron chi connectivity index (χ2n) is 12.8. The van der Waals surface area contributed by atoms with Gasteiger partial charge in [0.1, 0.15) is 18.0 Å². The number of halogens is 2. The molecule has 0 spiro atoms. The average Bonchev–Trinajstić information content (AvgIpc) is 3.38. The van der Waals surface area contributed by atoms with E-state index in [1.807, 2.05) is 50.8 Å². The van der Waals surface area contributed by atoms with Gasteiger partial charge in [-0.15, -0.1) is 0 Å². The molecule has 1 aliphatic rings. The van der Waals surface area contributed by atoms with E-state index in [2.05, 4.69) is 10.4 Å². The number of hydrogen-bond donors (Lipinski definition) is 2. The minimum atomic E-state index is -1.21. The highest BCUT2D eigenvalue weighted by Gasteiger charge is 2.30. The summed E-state index contributed by atoms with van der Waals surface area (Å²) >= 11 is 0. The zero-order valence-corrected chi connectivity index (χ0v) is 27.0. The van der Waals surface area contributed by atoms with Crippen LogP contribution in [0.4, 0.5) is 8.78 Å². The molecule has 2 N–H and O–H groups in total. The standard InChI is InChI=1S/C35H44F2N4O4/c1-20(2)14-30(41-35(45)24(6)16-27(39-41)11-13-40-12-10-26(36)19-40)34(44)38-29(18-31(42)43)28-17-25(15-23(5)33(28)37)32-21(3)8-7-9-22(32)4/h7-9,15-17,20,26,29-30H,10-14,18-19H2,1-6H3,(H,38,44)(H,42,43)/t26-,29-,30-/m0/s1. The molecule has 45 heavy (non-hydrogen) atoms. The molecule has 1 aromatic heterocycles. The third-order valence-electron chi connectivity index (χ3n) is 8.48. The van der Waals surface area contributed by atoms with Gasteiger partial charge >= 0.3 is 5.97 Å². The molecule has 8 nitrogen and oxygen atoms in total. The fraction of sp³-hybridized carbons (Fsp3) is 0.486. The highest BCUT2D eigenvalue weighted by molar-refractivity contribution is 5.82. The molecule has 1 amide bonds. The van der Waals surface area contributed by atoms with Gasteiger partial charge in [0.15, 0.2) is 0 Å². The van der Waals surface area contributed by atoms with Crippen molar-refractivity contribution in [3.05, 3.63) is 86.1 Å². The molecule has 0 bridgehead atoms. The Bertz CT molecular complexity index is 1600. The Hall–Kier alpha value is -3.92. The number of carboxylic acid groups (broad SMARTS) is 1. The highest BCUT2D eigenvalue weighted by Crippen LogP contribution is 2.33. The van der Waals surface area contributed by atoms with Gasteiger partial charge in [-0.25, -0.2) is 13.5 Å². The van der Waals surface area contributed by atoms with Crippen molar-refractivity contribution < 1.29 is 23.5 Å². The van der Waals surface area contributed by atoms with Crippen LogP contribution >= 0.6 is 0 Å². The summed E-state index contributed by atoms with van der Waals surface area (Å²) in [5.74, 6) is -2.44. The van der Waals surface area contributed by atoms with Crippen LogP contribution in [0.25, 0.3) is 11.1 Å². The third kappa shape index (κ3) is 8.22. The van der Waals surface area contributed by atoms with Crippen molar-refractivity contribution in [2.45, 2.75) is 85.5 Å². The number of aryl methyl sites for hydroxylation is 4. The Labute approximate surface area is 263 Å². The van der Waals surface area contributed by atoms with Gasteiger partial charge in [-0.05, 0) is 92.5 Å². The van der Waals surface area contributed by atoms with Crippen molar-refractivity contribution in [3.63, 3.8) is 0 Å². The van der Waals surface area contributed by atoms with Gasteiger partial charge in [0.25, 0.3) is 5.56 Å². The number of nitrogens with zero attached hydrogens (tertiary/aromatic N) is 3. The summed E-state index contributed by atoms with van der Waals surface area (Å²) in [6.07, 6.45) is -0.184. The molecule has 4 rings (SSSR count). The molecule has 2 heterocycles. The second kappa shape index (κ2) is 14.5. The van der Waals surface area contributed by atoms with Crippen molar-refractivity contribution >= 4 is 11.9 Å². The maximum atomic E-state index is 15.8. The number of aromatic nitrogens is 2. The highest BCUT2D eigenvalue weighted by atomic mass is 19.1. The summed E-state index contributed by atoms with van der Waals surface area (Å²) in [6.45, 7) is 12.6. The first-order valence-corrected chi connectivity index (χ1v) is 15.6. The quantitative estimate of drug-likeness (QED) is 0.265. The Morgan fingerprint density at radius 1 is 1.07 bits per heavy atom. The number of benzene rings is 2. The van der Waals surface area contributed by atoms with E-state index in [4.69, 9.17) is 0 Å². The van der Waals surface area contributed by atoms with Gasteiger partial charge in [0, 0.05) is 37.2 Å². The zero-order chi connectivity index (χ0) is 33.0. The minimum Gasteiger partial charge on any atom is -0.481 e. The van der Waals surface area contributed by atoms with E-state index >= 15 is 4.39 Å². The van der Waals surface area contributed by atoms with Crippen LogP contribution in [0.2, 0.25) is 0 Å². The molecule has 0 saturated carbocycles. The molecule has 0 unspecified atom stereocenters. The van der Waals surface area contributed by atoms with Gasteiger partial charge in [-0.2, -0.15) is 5.10 Å². The number of amides is 1. The van der Waals surface area contributed by atoms with Crippen molar-refractivity contribution in [2.24, 2.45) is 5.92 Å². The number of likely N-dealkylation sites (tertiary alicyclic amines) is 1. The van der Waals surface area contributed by atoms with Crippen molar-refractivity contribution in [1.82, 2.24) is 20.0 Å². The van der Waals surface area contributed by atoms with Crippen LogP contribution in [-0.2, 0) is 16.0 Å². The Kier molecular flexibility index (Phi) is 10.9. The summed E-state index contributed by atoms with van der Waals surface area (Å²) in [4.78, 5) is 41.4. The molecule has 0 aliphatic carbocycles. The fourth-order valence-electron chi connectivity index (χ4n) is 6.21. The smallest absolute Gasteiger partial charge is 0.305 e. The number of carbonyl (C=O) groups excluding carboxylic acids is 1. The maximum absolute atomic E-state index is 15.8. The lowest BCUT2D eigenvalue weighted by Crippen LogP contribution is -2.42. The van der Waals surface area contributed by atoms with Crippen molar-refractivity contribution in [2.75, 3.05) is 19.6 Å². The molecular weight excluding hydrogens is 578 g/mol. The van der Waals surface area contributed by atoms with Crippen LogP contribution in [-0.4, -0.2) is 57.5 Å². The van der Waals surface area contributed by atoms with E-state index in [0.717, 1.165) is 22.3 Å². The monoisotopic (exact) mass is 622 g/mol. The summed E-state index contributed by atoms with van der Waals surface area (Å²) in [6, 6.07) is 8.62. The summed E-state index contributed by atoms with van der Waals surface area (Å²) in [7, 11) is 0. The topological polar surface area (TPSA) is 105 Å². The van der Waals surface area contributed by atoms with Crippen LogP contribution in [0, 0.1) is 39.4 Å². The van der Waals surface area contributed by atoms with Gasteiger partial charge in [0.05, 0.1) is 18.2 Å². The number of aliphatic carboxylic acids is 1. The van der Waals surface area contributed by atoms with Gasteiger partial charge < -0.3 is 10.4 Å². The zero-order valence-electron chi connectivity index (χ0n) is 27.0. The molecule has 3 aromatic rings. The largest absolute Gasteiger partial charge is 0.481 e. The maximum Gasteiger partial charge on any atom is 0.305 e. The third-order valence-corrected chi connectivity index (χ3v) is 8.48. The molecule has 0 radical (unpaired) electrons. The van der Waals surface area contributed by atoms with E-state index < -0.39 is 47.9 Å². The normalized spacial score (nSPS) is 16.6. The van der Waals surface area contributed by atoms with Crippen LogP contribution in [0.3, 0.4) is 0 Å². The fourth-order valence-corrected chi connectivity index (χ4v) is 6.21. The van der Waals surface area contributed by atoms with Crippen LogP contribution in [0.1, 0.15) is 78.7 Å².